The third-order valence-electron chi connectivity index (χ3n) is 3.85. The summed E-state index contributed by atoms with van der Waals surface area (Å²) >= 11 is 1.66. The number of hydrogen-bond donors (Lipinski definition) is 0. The van der Waals surface area contributed by atoms with Gasteiger partial charge >= 0.3 is 6.40 Å². The predicted molar refractivity (Wildman–Crippen MR) is 77.9 cm³/mol. The Kier molecular flexibility index (Phi) is 3.56. The number of aryl methyl sites for hydroxylation is 2. The van der Waals surface area contributed by atoms with E-state index < -0.39 is 0 Å². The average Bonchev–Trinajstić information content (AvgIpc) is 2.42. The van der Waals surface area contributed by atoms with Crippen LogP contribution in [0.25, 0.3) is 0 Å². The van der Waals surface area contributed by atoms with Gasteiger partial charge in [-0.15, -0.1) is 11.6 Å². The molecule has 2 nitrogen and oxygen atoms in total. The van der Waals surface area contributed by atoms with Gasteiger partial charge in [0.1, 0.15) is 0 Å². The summed E-state index contributed by atoms with van der Waals surface area (Å²) in [4.78, 5) is 1.26. The lowest BCUT2D eigenvalue weighted by Gasteiger charge is -2.32. The van der Waals surface area contributed by atoms with Crippen molar-refractivity contribution in [3.8, 4) is 0 Å². The van der Waals surface area contributed by atoms with Gasteiger partial charge in [0.05, 0.1) is 11.2 Å². The first kappa shape index (κ1) is 14.0. The average molecular weight is 264 g/mol. The van der Waals surface area contributed by atoms with Gasteiger partial charge in [0.2, 0.25) is 0 Å². The van der Waals surface area contributed by atoms with Crippen LogP contribution in [0.5, 0.6) is 0 Å². The van der Waals surface area contributed by atoms with Crippen LogP contribution < -0.4 is 0 Å². The molecule has 0 saturated carbocycles. The minimum absolute atomic E-state index is 0.227. The van der Waals surface area contributed by atoms with Crippen molar-refractivity contribution in [2.24, 2.45) is 0 Å². The molecule has 2 rings (SSSR count). The second kappa shape index (κ2) is 4.59. The molecule has 18 heavy (non-hydrogen) atoms. The summed E-state index contributed by atoms with van der Waals surface area (Å²) in [7, 11) is 0. The molecule has 0 atom stereocenters. The van der Waals surface area contributed by atoms with E-state index >= 15 is 0 Å². The standard InChI is InChI=1S/C14H21BO2S/c1-10-8-7-9-11(2)12(10)18-15-16-13(3,4)14(5,6)17-15/h7-9H,1-6H3. The number of hydrogen-bond acceptors (Lipinski definition) is 3. The first-order valence-electron chi connectivity index (χ1n) is 6.31. The van der Waals surface area contributed by atoms with E-state index in [1.807, 2.05) is 0 Å². The molecule has 0 amide bonds. The highest BCUT2D eigenvalue weighted by Crippen LogP contribution is 2.42. The molecule has 0 unspecified atom stereocenters. The molecular formula is C14H21BO2S. The third kappa shape index (κ3) is 2.47. The van der Waals surface area contributed by atoms with Crippen molar-refractivity contribution in [1.29, 1.82) is 0 Å². The van der Waals surface area contributed by atoms with Crippen molar-refractivity contribution in [3.63, 3.8) is 0 Å². The first-order valence-corrected chi connectivity index (χ1v) is 7.19. The highest BCUT2D eigenvalue weighted by molar-refractivity contribution is 8.24. The molecule has 1 aliphatic heterocycles. The Morgan fingerprint density at radius 3 is 1.83 bits per heavy atom. The van der Waals surface area contributed by atoms with E-state index in [9.17, 15) is 0 Å². The summed E-state index contributed by atoms with van der Waals surface area (Å²) in [5.41, 5.74) is 2.02. The molecule has 0 spiro atoms. The fraction of sp³-hybridized carbons (Fsp3) is 0.571. The molecule has 1 aliphatic rings. The molecule has 0 radical (unpaired) electrons. The van der Waals surface area contributed by atoms with E-state index in [2.05, 4.69) is 59.7 Å². The largest absolute Gasteiger partial charge is 0.537 e. The SMILES string of the molecule is Cc1cccc(C)c1SB1OC(C)(C)C(C)(C)O1. The molecule has 0 bridgehead atoms. The van der Waals surface area contributed by atoms with Crippen LogP contribution in [-0.4, -0.2) is 17.6 Å². The maximum atomic E-state index is 6.02. The molecule has 1 heterocycles. The quantitative estimate of drug-likeness (QED) is 0.752. The highest BCUT2D eigenvalue weighted by Gasteiger charge is 2.51. The van der Waals surface area contributed by atoms with Crippen LogP contribution in [0.15, 0.2) is 23.1 Å². The van der Waals surface area contributed by atoms with E-state index in [1.54, 1.807) is 11.6 Å². The van der Waals surface area contributed by atoms with E-state index in [1.165, 1.54) is 16.0 Å². The molecular weight excluding hydrogens is 243 g/mol. The van der Waals surface area contributed by atoms with Gasteiger partial charge < -0.3 is 9.31 Å². The zero-order valence-corrected chi connectivity index (χ0v) is 12.9. The van der Waals surface area contributed by atoms with Crippen molar-refractivity contribution in [1.82, 2.24) is 0 Å². The number of rotatable bonds is 2. The zero-order chi connectivity index (χ0) is 13.6. The molecule has 0 N–H and O–H groups in total. The van der Waals surface area contributed by atoms with Crippen molar-refractivity contribution in [2.45, 2.75) is 57.6 Å². The van der Waals surface area contributed by atoms with Gasteiger partial charge in [-0.1, -0.05) is 18.2 Å². The molecule has 1 aromatic carbocycles. The minimum Gasteiger partial charge on any atom is -0.394 e. The van der Waals surface area contributed by atoms with Crippen LogP contribution in [0.4, 0.5) is 0 Å². The van der Waals surface area contributed by atoms with E-state index in [0.717, 1.165) is 0 Å². The minimum atomic E-state index is -0.263. The van der Waals surface area contributed by atoms with Gasteiger partial charge in [0.25, 0.3) is 0 Å². The highest BCUT2D eigenvalue weighted by atomic mass is 32.2. The fourth-order valence-electron chi connectivity index (χ4n) is 1.92. The van der Waals surface area contributed by atoms with Crippen molar-refractivity contribution in [2.75, 3.05) is 0 Å². The normalized spacial score (nSPS) is 21.3. The van der Waals surface area contributed by atoms with Gasteiger partial charge in [-0.2, -0.15) is 0 Å². The molecule has 0 aliphatic carbocycles. The Balaban J connectivity index is 2.18. The van der Waals surface area contributed by atoms with Crippen molar-refractivity contribution < 1.29 is 9.31 Å². The Labute approximate surface area is 114 Å². The van der Waals surface area contributed by atoms with Crippen molar-refractivity contribution >= 4 is 18.0 Å². The van der Waals surface area contributed by atoms with E-state index in [-0.39, 0.29) is 17.6 Å². The third-order valence-corrected chi connectivity index (χ3v) is 5.12. The maximum absolute atomic E-state index is 6.02. The number of benzene rings is 1. The lowest BCUT2D eigenvalue weighted by molar-refractivity contribution is 0.00578. The molecule has 4 heteroatoms. The lowest BCUT2D eigenvalue weighted by atomic mass is 9.90. The second-order valence-corrected chi connectivity index (χ2v) is 6.91. The van der Waals surface area contributed by atoms with Crippen LogP contribution in [0.3, 0.4) is 0 Å². The summed E-state index contributed by atoms with van der Waals surface area (Å²) < 4.78 is 12.0. The predicted octanol–water partition coefficient (Wildman–Crippen LogP) is 3.98. The Bertz CT molecular complexity index is 421. The van der Waals surface area contributed by atoms with Crippen LogP contribution in [-0.2, 0) is 9.31 Å². The van der Waals surface area contributed by atoms with Gasteiger partial charge in [0.15, 0.2) is 0 Å². The Morgan fingerprint density at radius 2 is 1.39 bits per heavy atom. The van der Waals surface area contributed by atoms with Gasteiger partial charge in [-0.05, 0) is 52.7 Å². The summed E-state index contributed by atoms with van der Waals surface area (Å²) in [5, 5.41) is 0. The fourth-order valence-corrected chi connectivity index (χ4v) is 3.20. The van der Waals surface area contributed by atoms with Crippen LogP contribution in [0.2, 0.25) is 0 Å². The van der Waals surface area contributed by atoms with Gasteiger partial charge in [0, 0.05) is 4.90 Å². The van der Waals surface area contributed by atoms with Crippen LogP contribution >= 0.6 is 11.6 Å². The van der Waals surface area contributed by atoms with E-state index in [4.69, 9.17) is 9.31 Å². The monoisotopic (exact) mass is 264 g/mol. The van der Waals surface area contributed by atoms with Crippen LogP contribution in [0.1, 0.15) is 38.8 Å². The Morgan fingerprint density at radius 1 is 0.944 bits per heavy atom. The molecule has 98 valence electrons. The maximum Gasteiger partial charge on any atom is 0.537 e. The molecule has 1 aromatic rings. The summed E-state index contributed by atoms with van der Waals surface area (Å²) in [5.74, 6) is 0. The smallest absolute Gasteiger partial charge is 0.394 e. The molecule has 1 fully saturated rings. The second-order valence-electron chi connectivity index (χ2n) is 5.88. The first-order chi connectivity index (χ1) is 8.23. The topological polar surface area (TPSA) is 18.5 Å². The summed E-state index contributed by atoms with van der Waals surface area (Å²) in [6.45, 7) is 12.6. The zero-order valence-electron chi connectivity index (χ0n) is 12.0. The summed E-state index contributed by atoms with van der Waals surface area (Å²) in [6.07, 6.45) is -0.227. The molecule has 0 aromatic heterocycles. The lowest BCUT2D eigenvalue weighted by Crippen LogP contribution is -2.41. The van der Waals surface area contributed by atoms with Crippen LogP contribution in [0, 0.1) is 13.8 Å². The molecule has 1 saturated heterocycles. The Hall–Kier alpha value is -0.445. The van der Waals surface area contributed by atoms with Gasteiger partial charge in [-0.25, -0.2) is 0 Å². The summed E-state index contributed by atoms with van der Waals surface area (Å²) in [6, 6.07) is 6.33. The van der Waals surface area contributed by atoms with Gasteiger partial charge in [-0.3, -0.25) is 0 Å². The van der Waals surface area contributed by atoms with Crippen molar-refractivity contribution in [3.05, 3.63) is 29.3 Å². The van der Waals surface area contributed by atoms with E-state index in [0.29, 0.717) is 0 Å².